The molecule has 0 atom stereocenters. The molecular weight excluding hydrogens is 294 g/mol. The van der Waals surface area contributed by atoms with Gasteiger partial charge in [0, 0.05) is 22.0 Å². The monoisotopic (exact) mass is 307 g/mol. The van der Waals surface area contributed by atoms with Crippen molar-refractivity contribution in [3.8, 4) is 0 Å². The van der Waals surface area contributed by atoms with E-state index in [0.717, 1.165) is 33.8 Å². The normalized spacial score (nSPS) is 15.3. The predicted molar refractivity (Wildman–Crippen MR) is 74.8 cm³/mol. The molecule has 18 heavy (non-hydrogen) atoms. The fourth-order valence-corrected chi connectivity index (χ4v) is 2.71. The Labute approximate surface area is 113 Å². The van der Waals surface area contributed by atoms with Crippen LogP contribution in [-0.4, -0.2) is 9.67 Å². The van der Waals surface area contributed by atoms with Gasteiger partial charge in [0.05, 0.1) is 12.1 Å². The van der Waals surface area contributed by atoms with Crippen LogP contribution in [0.25, 0.3) is 10.9 Å². The number of hydrogen-bond acceptors (Lipinski definition) is 2. The zero-order valence-corrected chi connectivity index (χ0v) is 11.7. The van der Waals surface area contributed by atoms with E-state index < -0.39 is 0 Å². The van der Waals surface area contributed by atoms with E-state index in [0.29, 0.717) is 11.6 Å². The second-order valence-corrected chi connectivity index (χ2v) is 5.74. The van der Waals surface area contributed by atoms with Crippen LogP contribution in [0, 0.1) is 6.92 Å². The summed E-state index contributed by atoms with van der Waals surface area (Å²) in [6.45, 7) is 1.91. The molecule has 0 bridgehead atoms. The second-order valence-electron chi connectivity index (χ2n) is 4.89. The highest BCUT2D eigenvalue weighted by atomic mass is 79.9. The molecule has 4 heteroatoms. The van der Waals surface area contributed by atoms with Crippen molar-refractivity contribution in [2.75, 3.05) is 0 Å². The second kappa shape index (κ2) is 4.21. The minimum absolute atomic E-state index is 0.00944. The van der Waals surface area contributed by atoms with Crippen molar-refractivity contribution in [2.45, 2.75) is 32.4 Å². The summed E-state index contributed by atoms with van der Waals surface area (Å²) in [7, 11) is 0. The number of benzene rings is 1. The van der Waals surface area contributed by atoms with E-state index in [1.807, 2.05) is 23.6 Å². The van der Waals surface area contributed by atoms with Gasteiger partial charge in [0.15, 0.2) is 0 Å². The molecule has 1 fully saturated rings. The lowest BCUT2D eigenvalue weighted by molar-refractivity contribution is 0.283. The number of pyridine rings is 1. The van der Waals surface area contributed by atoms with Gasteiger partial charge in [-0.2, -0.15) is 0 Å². The summed E-state index contributed by atoms with van der Waals surface area (Å²) < 4.78 is 2.86. The number of halogens is 1. The van der Waals surface area contributed by atoms with Gasteiger partial charge in [-0.1, -0.05) is 15.9 Å². The third-order valence-electron chi connectivity index (χ3n) is 3.50. The first kappa shape index (κ1) is 11.9. The lowest BCUT2D eigenvalue weighted by Gasteiger charge is -2.13. The van der Waals surface area contributed by atoms with Gasteiger partial charge in [-0.15, -0.1) is 0 Å². The molecule has 1 aliphatic rings. The third kappa shape index (κ3) is 1.80. The van der Waals surface area contributed by atoms with E-state index in [4.69, 9.17) is 0 Å². The van der Waals surface area contributed by atoms with Crippen LogP contribution in [-0.2, 0) is 6.61 Å². The van der Waals surface area contributed by atoms with Crippen molar-refractivity contribution in [3.63, 3.8) is 0 Å². The van der Waals surface area contributed by atoms with E-state index in [1.54, 1.807) is 6.07 Å². The quantitative estimate of drug-likeness (QED) is 0.927. The molecule has 0 spiro atoms. The number of aliphatic hydroxyl groups is 1. The molecule has 0 radical (unpaired) electrons. The molecule has 94 valence electrons. The van der Waals surface area contributed by atoms with Crippen molar-refractivity contribution in [2.24, 2.45) is 0 Å². The minimum atomic E-state index is -0.0989. The molecule has 3 nitrogen and oxygen atoms in total. The predicted octanol–water partition coefficient (Wildman–Crippen LogP) is 2.90. The molecule has 1 aromatic carbocycles. The first-order valence-corrected chi connectivity index (χ1v) is 6.86. The summed E-state index contributed by atoms with van der Waals surface area (Å²) >= 11 is 3.51. The highest BCUT2D eigenvalue weighted by Gasteiger charge is 2.26. The number of nitrogens with zero attached hydrogens (tertiary/aromatic N) is 1. The molecule has 1 aliphatic carbocycles. The molecule has 0 saturated heterocycles. The number of hydrogen-bond donors (Lipinski definition) is 1. The molecule has 1 heterocycles. The largest absolute Gasteiger partial charge is 0.392 e. The van der Waals surface area contributed by atoms with Gasteiger partial charge in [-0.3, -0.25) is 4.79 Å². The van der Waals surface area contributed by atoms with Gasteiger partial charge in [0.2, 0.25) is 0 Å². The average Bonchev–Trinajstić information content (AvgIpc) is 3.14. The van der Waals surface area contributed by atoms with Crippen LogP contribution < -0.4 is 5.56 Å². The molecular formula is C14H14BrNO2. The van der Waals surface area contributed by atoms with Crippen molar-refractivity contribution in [1.82, 2.24) is 4.57 Å². The molecule has 0 unspecified atom stereocenters. The Morgan fingerprint density at radius 2 is 2.11 bits per heavy atom. The number of aromatic nitrogens is 1. The molecule has 3 rings (SSSR count). The molecule has 0 aliphatic heterocycles. The fraction of sp³-hybridized carbons (Fsp3) is 0.357. The Balaban J connectivity index is 2.44. The van der Waals surface area contributed by atoms with Crippen molar-refractivity contribution >= 4 is 26.8 Å². The Morgan fingerprint density at radius 1 is 1.39 bits per heavy atom. The zero-order valence-electron chi connectivity index (χ0n) is 10.1. The zero-order chi connectivity index (χ0) is 12.9. The van der Waals surface area contributed by atoms with Crippen LogP contribution in [0.15, 0.2) is 27.5 Å². The molecule has 1 aromatic heterocycles. The Bertz CT molecular complexity index is 686. The average molecular weight is 308 g/mol. The van der Waals surface area contributed by atoms with Crippen molar-refractivity contribution in [1.29, 1.82) is 0 Å². The van der Waals surface area contributed by atoms with Crippen LogP contribution in [0.3, 0.4) is 0 Å². The van der Waals surface area contributed by atoms with Gasteiger partial charge < -0.3 is 9.67 Å². The maximum atomic E-state index is 12.1. The molecule has 1 N–H and O–H groups in total. The molecule has 0 amide bonds. The molecule has 2 aromatic rings. The number of rotatable bonds is 2. The van der Waals surface area contributed by atoms with Gasteiger partial charge in [0.25, 0.3) is 5.56 Å². The van der Waals surface area contributed by atoms with Gasteiger partial charge in [0.1, 0.15) is 0 Å². The number of aryl methyl sites for hydroxylation is 1. The van der Waals surface area contributed by atoms with Crippen LogP contribution in [0.5, 0.6) is 0 Å². The fourth-order valence-electron chi connectivity index (χ4n) is 2.38. The number of aliphatic hydroxyl groups excluding tert-OH is 1. The van der Waals surface area contributed by atoms with E-state index in [-0.39, 0.29) is 12.2 Å². The lowest BCUT2D eigenvalue weighted by atomic mass is 10.1. The Kier molecular flexibility index (Phi) is 2.79. The maximum Gasteiger partial charge on any atom is 0.251 e. The smallest absolute Gasteiger partial charge is 0.251 e. The first-order valence-electron chi connectivity index (χ1n) is 6.07. The summed E-state index contributed by atoms with van der Waals surface area (Å²) in [4.78, 5) is 12.1. The van der Waals surface area contributed by atoms with Crippen molar-refractivity contribution in [3.05, 3.63) is 44.2 Å². The van der Waals surface area contributed by atoms with Crippen molar-refractivity contribution < 1.29 is 5.11 Å². The summed E-state index contributed by atoms with van der Waals surface area (Å²) in [5.41, 5.74) is 2.73. The number of fused-ring (bicyclic) bond motifs is 1. The SMILES string of the molecule is Cc1cc2c(CO)cc(=O)n(C3CC3)c2cc1Br. The highest BCUT2D eigenvalue weighted by molar-refractivity contribution is 9.10. The van der Waals surface area contributed by atoms with Crippen LogP contribution in [0.2, 0.25) is 0 Å². The molecule has 1 saturated carbocycles. The standard InChI is InChI=1S/C14H14BrNO2/c1-8-4-11-9(7-17)5-14(18)16(10-2-3-10)13(11)6-12(8)15/h4-6,10,17H,2-3,7H2,1H3. The Morgan fingerprint density at radius 3 is 2.72 bits per heavy atom. The van der Waals surface area contributed by atoms with E-state index in [2.05, 4.69) is 15.9 Å². The lowest BCUT2D eigenvalue weighted by Crippen LogP contribution is -2.20. The third-order valence-corrected chi connectivity index (χ3v) is 4.35. The summed E-state index contributed by atoms with van der Waals surface area (Å²) in [6.07, 6.45) is 2.14. The highest BCUT2D eigenvalue weighted by Crippen LogP contribution is 2.37. The van der Waals surface area contributed by atoms with Crippen LogP contribution in [0.4, 0.5) is 0 Å². The van der Waals surface area contributed by atoms with E-state index in [1.165, 1.54) is 0 Å². The summed E-state index contributed by atoms with van der Waals surface area (Å²) in [5, 5.41) is 10.4. The van der Waals surface area contributed by atoms with Crippen LogP contribution in [0.1, 0.15) is 30.0 Å². The topological polar surface area (TPSA) is 42.2 Å². The van der Waals surface area contributed by atoms with E-state index >= 15 is 0 Å². The summed E-state index contributed by atoms with van der Waals surface area (Å²) in [5.74, 6) is 0. The Hall–Kier alpha value is -1.13. The minimum Gasteiger partial charge on any atom is -0.392 e. The van der Waals surface area contributed by atoms with Gasteiger partial charge >= 0.3 is 0 Å². The van der Waals surface area contributed by atoms with Crippen LogP contribution >= 0.6 is 15.9 Å². The first-order chi connectivity index (χ1) is 8.61. The van der Waals surface area contributed by atoms with Gasteiger partial charge in [-0.25, -0.2) is 0 Å². The summed E-state index contributed by atoms with van der Waals surface area (Å²) in [6, 6.07) is 5.92. The van der Waals surface area contributed by atoms with E-state index in [9.17, 15) is 9.90 Å². The van der Waals surface area contributed by atoms with Gasteiger partial charge in [-0.05, 0) is 43.0 Å². The maximum absolute atomic E-state index is 12.1.